The lowest BCUT2D eigenvalue weighted by Gasteiger charge is -2.14. The van der Waals surface area contributed by atoms with Gasteiger partial charge in [-0.1, -0.05) is 0 Å². The number of aromatic carboxylic acids is 1. The van der Waals surface area contributed by atoms with Crippen LogP contribution in [0.3, 0.4) is 0 Å². The number of benzene rings is 1. The normalized spacial score (nSPS) is 11.3. The summed E-state index contributed by atoms with van der Waals surface area (Å²) in [6.07, 6.45) is -4.76. The summed E-state index contributed by atoms with van der Waals surface area (Å²) in [4.78, 5) is 10.6. The molecule has 100 valence electrons. The molecule has 0 amide bonds. The van der Waals surface area contributed by atoms with Gasteiger partial charge in [0.1, 0.15) is 5.75 Å². The van der Waals surface area contributed by atoms with Crippen LogP contribution in [0.25, 0.3) is 0 Å². The average Bonchev–Trinajstić information content (AvgIpc) is 2.28. The molecule has 1 aromatic carbocycles. The van der Waals surface area contributed by atoms with Crippen LogP contribution in [0.2, 0.25) is 0 Å². The molecular weight excluding hydrogens is 256 g/mol. The molecule has 0 aliphatic heterocycles. The van der Waals surface area contributed by atoms with Gasteiger partial charge in [-0.3, -0.25) is 4.39 Å². The van der Waals surface area contributed by atoms with E-state index in [0.29, 0.717) is 6.07 Å². The summed E-state index contributed by atoms with van der Waals surface area (Å²) in [5, 5.41) is 8.62. The van der Waals surface area contributed by atoms with Gasteiger partial charge in [0.05, 0.1) is 24.4 Å². The van der Waals surface area contributed by atoms with Crippen molar-refractivity contribution in [3.63, 3.8) is 0 Å². The zero-order valence-corrected chi connectivity index (χ0v) is 9.13. The molecule has 1 N–H and O–H groups in total. The molecule has 1 aromatic rings. The number of alkyl halides is 4. The first-order chi connectivity index (χ1) is 8.36. The van der Waals surface area contributed by atoms with Crippen LogP contribution in [-0.4, -0.2) is 24.4 Å². The third kappa shape index (κ3) is 3.61. The first-order valence-corrected chi connectivity index (χ1v) is 4.99. The number of hydrogen-bond donors (Lipinski definition) is 1. The fourth-order valence-electron chi connectivity index (χ4n) is 1.25. The highest BCUT2D eigenvalue weighted by molar-refractivity contribution is 5.88. The molecule has 0 bridgehead atoms. The van der Waals surface area contributed by atoms with E-state index < -0.39 is 35.7 Å². The van der Waals surface area contributed by atoms with E-state index >= 15 is 0 Å². The summed E-state index contributed by atoms with van der Waals surface area (Å²) >= 11 is 0. The maximum absolute atomic E-state index is 12.7. The van der Waals surface area contributed by atoms with Crippen molar-refractivity contribution in [3.05, 3.63) is 29.3 Å². The van der Waals surface area contributed by atoms with E-state index in [9.17, 15) is 22.4 Å². The van der Waals surface area contributed by atoms with Gasteiger partial charge in [-0.2, -0.15) is 13.2 Å². The Bertz CT molecular complexity index is 429. The Morgan fingerprint density at radius 2 is 2.00 bits per heavy atom. The van der Waals surface area contributed by atoms with Gasteiger partial charge < -0.3 is 9.84 Å². The number of halogens is 4. The smallest absolute Gasteiger partial charge is 0.419 e. The number of ether oxygens (including phenoxy) is 1. The van der Waals surface area contributed by atoms with Crippen LogP contribution < -0.4 is 4.74 Å². The van der Waals surface area contributed by atoms with E-state index in [0.717, 1.165) is 12.1 Å². The van der Waals surface area contributed by atoms with E-state index in [1.54, 1.807) is 0 Å². The molecule has 0 aliphatic carbocycles. The van der Waals surface area contributed by atoms with Crippen molar-refractivity contribution in [2.75, 3.05) is 13.3 Å². The number of carboxylic acid groups (broad SMARTS) is 1. The molecule has 0 saturated heterocycles. The highest BCUT2D eigenvalue weighted by Crippen LogP contribution is 2.36. The molecule has 0 atom stereocenters. The average molecular weight is 266 g/mol. The molecule has 0 aliphatic rings. The Morgan fingerprint density at radius 1 is 1.33 bits per heavy atom. The van der Waals surface area contributed by atoms with Crippen LogP contribution in [0.1, 0.15) is 22.3 Å². The van der Waals surface area contributed by atoms with Crippen molar-refractivity contribution in [1.82, 2.24) is 0 Å². The van der Waals surface area contributed by atoms with Crippen molar-refractivity contribution in [3.8, 4) is 5.75 Å². The van der Waals surface area contributed by atoms with Gasteiger partial charge in [0.25, 0.3) is 0 Å². The summed E-state index contributed by atoms with van der Waals surface area (Å²) in [5.74, 6) is -1.96. The Balaban J connectivity index is 3.05. The molecule has 0 fully saturated rings. The lowest BCUT2D eigenvalue weighted by Crippen LogP contribution is -2.11. The van der Waals surface area contributed by atoms with E-state index in [2.05, 4.69) is 0 Å². The molecule has 7 heteroatoms. The van der Waals surface area contributed by atoms with Gasteiger partial charge in [-0.15, -0.1) is 0 Å². The Labute approximate surface area is 100.0 Å². The number of carboxylic acids is 1. The Kier molecular flexibility index (Phi) is 4.52. The van der Waals surface area contributed by atoms with Crippen molar-refractivity contribution >= 4 is 5.97 Å². The fraction of sp³-hybridized carbons (Fsp3) is 0.364. The fourth-order valence-corrected chi connectivity index (χ4v) is 1.25. The number of rotatable bonds is 5. The van der Waals surface area contributed by atoms with Crippen LogP contribution in [0.4, 0.5) is 17.6 Å². The minimum absolute atomic E-state index is 0.0298. The van der Waals surface area contributed by atoms with Crippen molar-refractivity contribution in [2.24, 2.45) is 0 Å². The van der Waals surface area contributed by atoms with E-state index in [1.807, 2.05) is 0 Å². The van der Waals surface area contributed by atoms with Gasteiger partial charge in [0, 0.05) is 6.42 Å². The summed E-state index contributed by atoms with van der Waals surface area (Å²) in [5.41, 5.74) is -1.67. The van der Waals surface area contributed by atoms with Gasteiger partial charge in [0.15, 0.2) is 0 Å². The monoisotopic (exact) mass is 266 g/mol. The first kappa shape index (κ1) is 14.3. The largest absolute Gasteiger partial charge is 0.493 e. The second-order valence-corrected chi connectivity index (χ2v) is 3.40. The van der Waals surface area contributed by atoms with Crippen LogP contribution in [0.15, 0.2) is 18.2 Å². The number of carbonyl (C=O) groups is 1. The highest BCUT2D eigenvalue weighted by Gasteiger charge is 2.35. The molecular formula is C11H10F4O3. The van der Waals surface area contributed by atoms with E-state index in [-0.39, 0.29) is 13.0 Å². The zero-order valence-electron chi connectivity index (χ0n) is 9.13. The first-order valence-electron chi connectivity index (χ1n) is 4.99. The summed E-state index contributed by atoms with van der Waals surface area (Å²) < 4.78 is 54.6. The highest BCUT2D eigenvalue weighted by atomic mass is 19.4. The lowest BCUT2D eigenvalue weighted by molar-refractivity contribution is -0.139. The molecule has 0 heterocycles. The second kappa shape index (κ2) is 5.70. The predicted octanol–water partition coefficient (Wildman–Crippen LogP) is 3.14. The summed E-state index contributed by atoms with van der Waals surface area (Å²) in [6.45, 7) is -0.902. The van der Waals surface area contributed by atoms with E-state index in [4.69, 9.17) is 9.84 Å². The topological polar surface area (TPSA) is 46.5 Å². The van der Waals surface area contributed by atoms with Crippen LogP contribution in [-0.2, 0) is 6.18 Å². The minimum atomic E-state index is -4.73. The van der Waals surface area contributed by atoms with Crippen molar-refractivity contribution in [2.45, 2.75) is 12.6 Å². The van der Waals surface area contributed by atoms with Gasteiger partial charge in [0.2, 0.25) is 0 Å². The standard InChI is InChI=1S/C11H10F4O3/c12-4-1-5-18-9-3-2-7(10(16)17)6-8(9)11(13,14)15/h2-3,6H,1,4-5H2,(H,16,17). The quantitative estimate of drug-likeness (QED) is 0.657. The van der Waals surface area contributed by atoms with Crippen LogP contribution >= 0.6 is 0 Å². The maximum Gasteiger partial charge on any atom is 0.419 e. The lowest BCUT2D eigenvalue weighted by atomic mass is 10.1. The van der Waals surface area contributed by atoms with Crippen molar-refractivity contribution < 1.29 is 32.2 Å². The number of hydrogen-bond acceptors (Lipinski definition) is 2. The van der Waals surface area contributed by atoms with Crippen LogP contribution in [0, 0.1) is 0 Å². The summed E-state index contributed by atoms with van der Waals surface area (Å²) in [7, 11) is 0. The van der Waals surface area contributed by atoms with Gasteiger partial charge >= 0.3 is 12.1 Å². The molecule has 18 heavy (non-hydrogen) atoms. The molecule has 0 spiro atoms. The minimum Gasteiger partial charge on any atom is -0.493 e. The molecule has 1 rings (SSSR count). The van der Waals surface area contributed by atoms with E-state index in [1.165, 1.54) is 0 Å². The third-order valence-corrected chi connectivity index (χ3v) is 2.07. The zero-order chi connectivity index (χ0) is 13.8. The van der Waals surface area contributed by atoms with Crippen molar-refractivity contribution in [1.29, 1.82) is 0 Å². The SMILES string of the molecule is O=C(O)c1ccc(OCCCF)c(C(F)(F)F)c1. The molecule has 0 radical (unpaired) electrons. The molecule has 0 aromatic heterocycles. The molecule has 0 saturated carbocycles. The Morgan fingerprint density at radius 3 is 2.50 bits per heavy atom. The van der Waals surface area contributed by atoms with Gasteiger partial charge in [-0.25, -0.2) is 4.79 Å². The maximum atomic E-state index is 12.7. The molecule has 0 unspecified atom stereocenters. The van der Waals surface area contributed by atoms with Crippen LogP contribution in [0.5, 0.6) is 5.75 Å². The molecule has 3 nitrogen and oxygen atoms in total. The third-order valence-electron chi connectivity index (χ3n) is 2.07. The second-order valence-electron chi connectivity index (χ2n) is 3.40. The Hall–Kier alpha value is -1.79. The van der Waals surface area contributed by atoms with Gasteiger partial charge in [-0.05, 0) is 18.2 Å². The summed E-state index contributed by atoms with van der Waals surface area (Å²) in [6, 6.07) is 2.42. The predicted molar refractivity (Wildman–Crippen MR) is 54.5 cm³/mol.